The van der Waals surface area contributed by atoms with Crippen molar-refractivity contribution in [2.45, 2.75) is 27.7 Å². The Labute approximate surface area is 284 Å². The Morgan fingerprint density at radius 1 is 0.449 bits per heavy atom. The fourth-order valence-corrected chi connectivity index (χ4v) is 6.46. The molecule has 0 spiro atoms. The number of fused-ring (bicyclic) bond motifs is 3. The molecule has 8 aromatic rings. The topological polar surface area (TPSA) is 75.0 Å². The van der Waals surface area contributed by atoms with Crippen molar-refractivity contribution in [1.29, 1.82) is 0 Å². The summed E-state index contributed by atoms with van der Waals surface area (Å²) < 4.78 is 15.2. The number of hydrogen-bond donors (Lipinski definition) is 0. The normalized spacial score (nSPS) is 11.3. The van der Waals surface area contributed by atoms with E-state index in [9.17, 15) is 0 Å². The molecular weight excluding hydrogens is 606 g/mol. The van der Waals surface area contributed by atoms with Gasteiger partial charge < -0.3 is 9.47 Å². The van der Waals surface area contributed by atoms with Gasteiger partial charge in [0.1, 0.15) is 23.0 Å². The summed E-state index contributed by atoms with van der Waals surface area (Å²) in [5.74, 6) is 3.53. The van der Waals surface area contributed by atoms with Crippen molar-refractivity contribution in [3.63, 3.8) is 0 Å². The zero-order chi connectivity index (χ0) is 33.5. The van der Waals surface area contributed by atoms with E-state index in [0.29, 0.717) is 17.4 Å². The first-order chi connectivity index (χ1) is 23.9. The lowest BCUT2D eigenvalue weighted by Gasteiger charge is -2.14. The Morgan fingerprint density at radius 3 is 1.37 bits per heavy atom. The number of benzene rings is 4. The first-order valence-corrected chi connectivity index (χ1v) is 16.2. The predicted octanol–water partition coefficient (Wildman–Crippen LogP) is 10.5. The lowest BCUT2D eigenvalue weighted by molar-refractivity contribution is 0.479. The van der Waals surface area contributed by atoms with Gasteiger partial charge in [0, 0.05) is 58.8 Å². The van der Waals surface area contributed by atoms with Gasteiger partial charge in [-0.3, -0.25) is 14.5 Å². The fraction of sp³-hybridized carbons (Fsp3) is 0.0952. The predicted molar refractivity (Wildman–Crippen MR) is 195 cm³/mol. The molecule has 0 fully saturated rings. The summed E-state index contributed by atoms with van der Waals surface area (Å²) in [6, 6.07) is 34.4. The van der Waals surface area contributed by atoms with Gasteiger partial charge in [-0.15, -0.1) is 0 Å². The number of ether oxygens (including phenoxy) is 2. The minimum atomic E-state index is 0.560. The minimum absolute atomic E-state index is 0.560. The Balaban J connectivity index is 1.22. The molecule has 8 rings (SSSR count). The van der Waals surface area contributed by atoms with Crippen molar-refractivity contribution < 1.29 is 9.47 Å². The molecule has 0 amide bonds. The second-order valence-corrected chi connectivity index (χ2v) is 12.2. The maximum absolute atomic E-state index is 6.58. The highest BCUT2D eigenvalue weighted by atomic mass is 16.5. The maximum atomic E-state index is 6.58. The van der Waals surface area contributed by atoms with Crippen LogP contribution in [0.3, 0.4) is 0 Å². The minimum Gasteiger partial charge on any atom is -0.457 e. The van der Waals surface area contributed by atoms with Crippen molar-refractivity contribution in [2.24, 2.45) is 0 Å². The van der Waals surface area contributed by atoms with Gasteiger partial charge in [-0.25, -0.2) is 9.97 Å². The zero-order valence-corrected chi connectivity index (χ0v) is 27.7. The molecule has 49 heavy (non-hydrogen) atoms. The largest absolute Gasteiger partial charge is 0.457 e. The van der Waals surface area contributed by atoms with Gasteiger partial charge in [0.25, 0.3) is 0 Å². The van der Waals surface area contributed by atoms with Gasteiger partial charge in [0.05, 0.1) is 22.4 Å². The van der Waals surface area contributed by atoms with E-state index in [1.807, 2.05) is 67.0 Å². The quantitative estimate of drug-likeness (QED) is 0.173. The number of aromatic nitrogens is 5. The van der Waals surface area contributed by atoms with E-state index in [1.165, 1.54) is 0 Å². The highest BCUT2D eigenvalue weighted by Gasteiger charge is 2.18. The van der Waals surface area contributed by atoms with Crippen LogP contribution < -0.4 is 9.47 Å². The van der Waals surface area contributed by atoms with Crippen molar-refractivity contribution in [3.05, 3.63) is 150 Å². The average molecular weight is 640 g/mol. The molecule has 0 aliphatic rings. The third-order valence-corrected chi connectivity index (χ3v) is 8.84. The van der Waals surface area contributed by atoms with E-state index in [2.05, 4.69) is 101 Å². The summed E-state index contributed by atoms with van der Waals surface area (Å²) in [5.41, 5.74) is 10.1. The Morgan fingerprint density at radius 2 is 0.918 bits per heavy atom. The van der Waals surface area contributed by atoms with Gasteiger partial charge in [0.2, 0.25) is 5.95 Å². The summed E-state index contributed by atoms with van der Waals surface area (Å²) in [6.45, 7) is 8.33. The van der Waals surface area contributed by atoms with E-state index in [1.54, 1.807) is 12.4 Å². The van der Waals surface area contributed by atoms with E-state index in [4.69, 9.17) is 9.47 Å². The summed E-state index contributed by atoms with van der Waals surface area (Å²) in [4.78, 5) is 18.4. The second kappa shape index (κ2) is 12.4. The van der Waals surface area contributed by atoms with Gasteiger partial charge in [-0.1, -0.05) is 24.3 Å². The van der Waals surface area contributed by atoms with Crippen molar-refractivity contribution in [3.8, 4) is 51.5 Å². The highest BCUT2D eigenvalue weighted by molar-refractivity contribution is 6.09. The van der Waals surface area contributed by atoms with E-state index in [0.717, 1.165) is 78.1 Å². The molecule has 4 aromatic heterocycles. The van der Waals surface area contributed by atoms with Crippen LogP contribution in [0.1, 0.15) is 22.3 Å². The van der Waals surface area contributed by atoms with Crippen LogP contribution in [0.15, 0.2) is 128 Å². The highest BCUT2D eigenvalue weighted by Crippen LogP contribution is 2.39. The number of hydrogen-bond acceptors (Lipinski definition) is 6. The number of nitrogens with zero attached hydrogens (tertiary/aromatic N) is 5. The first-order valence-electron chi connectivity index (χ1n) is 16.2. The van der Waals surface area contributed by atoms with E-state index >= 15 is 0 Å². The molecule has 0 N–H and O–H groups in total. The second-order valence-electron chi connectivity index (χ2n) is 12.2. The van der Waals surface area contributed by atoms with Gasteiger partial charge in [0.15, 0.2) is 0 Å². The van der Waals surface area contributed by atoms with Gasteiger partial charge in [-0.2, -0.15) is 0 Å². The Kier molecular flexibility index (Phi) is 7.57. The molecule has 4 aromatic carbocycles. The summed E-state index contributed by atoms with van der Waals surface area (Å²) in [6.07, 6.45) is 7.13. The van der Waals surface area contributed by atoms with Crippen LogP contribution >= 0.6 is 0 Å². The molecule has 7 nitrogen and oxygen atoms in total. The van der Waals surface area contributed by atoms with Crippen LogP contribution in [-0.2, 0) is 0 Å². The zero-order valence-electron chi connectivity index (χ0n) is 27.7. The van der Waals surface area contributed by atoms with Gasteiger partial charge in [-0.05, 0) is 117 Å². The number of rotatable bonds is 7. The Hall–Kier alpha value is -6.34. The molecule has 4 heterocycles. The van der Waals surface area contributed by atoms with Crippen LogP contribution in [-0.4, -0.2) is 24.5 Å². The monoisotopic (exact) mass is 639 g/mol. The number of aryl methyl sites for hydroxylation is 4. The molecular formula is C42H33N5O2. The van der Waals surface area contributed by atoms with Crippen LogP contribution in [0.25, 0.3) is 50.3 Å². The van der Waals surface area contributed by atoms with Gasteiger partial charge >= 0.3 is 0 Å². The summed E-state index contributed by atoms with van der Waals surface area (Å²) in [5, 5.41) is 2.11. The molecule has 0 aliphatic heterocycles. The molecule has 0 saturated heterocycles. The van der Waals surface area contributed by atoms with Crippen LogP contribution in [0.4, 0.5) is 0 Å². The third kappa shape index (κ3) is 5.65. The molecule has 0 radical (unpaired) electrons. The molecule has 0 saturated carbocycles. The van der Waals surface area contributed by atoms with Crippen molar-refractivity contribution in [1.82, 2.24) is 24.5 Å². The molecule has 7 heteroatoms. The SMILES string of the molecule is Cc1cc(C)c(-c2ccccn2)cc1Oc1ccc2c3ccc(Oc4cc(-c5ccccn5)c(C)cc4C)cc3n(-c3ncccn3)c2c1. The van der Waals surface area contributed by atoms with E-state index < -0.39 is 0 Å². The van der Waals surface area contributed by atoms with Crippen molar-refractivity contribution in [2.75, 3.05) is 0 Å². The molecule has 0 aliphatic carbocycles. The number of pyridine rings is 2. The molecule has 238 valence electrons. The van der Waals surface area contributed by atoms with Crippen LogP contribution in [0, 0.1) is 27.7 Å². The molecule has 0 bridgehead atoms. The molecule has 0 atom stereocenters. The summed E-state index contributed by atoms with van der Waals surface area (Å²) >= 11 is 0. The lowest BCUT2D eigenvalue weighted by Crippen LogP contribution is -2.00. The van der Waals surface area contributed by atoms with Crippen LogP contribution in [0.5, 0.6) is 23.0 Å². The first kappa shape index (κ1) is 30.0. The average Bonchev–Trinajstić information content (AvgIpc) is 3.44. The maximum Gasteiger partial charge on any atom is 0.234 e. The lowest BCUT2D eigenvalue weighted by atomic mass is 10.0. The van der Waals surface area contributed by atoms with Crippen molar-refractivity contribution >= 4 is 21.8 Å². The standard InChI is InChI=1S/C42H33N5O2/c1-26-20-28(3)40(24-34(26)36-10-5-7-16-43-36)48-30-12-14-32-33-15-13-31(23-39(33)47(38(32)22-30)42-45-18-9-19-46-42)49-41-25-35(27(2)21-29(41)4)37-11-6-8-17-44-37/h5-25H,1-4H3. The molecule has 0 unspecified atom stereocenters. The Bertz CT molecular complexity index is 2320. The van der Waals surface area contributed by atoms with Crippen LogP contribution in [0.2, 0.25) is 0 Å². The third-order valence-electron chi connectivity index (χ3n) is 8.84. The summed E-state index contributed by atoms with van der Waals surface area (Å²) in [7, 11) is 0. The fourth-order valence-electron chi connectivity index (χ4n) is 6.46. The smallest absolute Gasteiger partial charge is 0.234 e. The van der Waals surface area contributed by atoms with E-state index in [-0.39, 0.29) is 0 Å².